The van der Waals surface area contributed by atoms with Gasteiger partial charge in [0, 0.05) is 0 Å². The first kappa shape index (κ1) is 16.2. The van der Waals surface area contributed by atoms with E-state index in [9.17, 15) is 5.11 Å². The molecule has 1 heterocycles. The number of hydrogen-bond acceptors (Lipinski definition) is 4. The highest BCUT2D eigenvalue weighted by Gasteiger charge is 2.44. The molecule has 1 aliphatic rings. The molecule has 0 amide bonds. The summed E-state index contributed by atoms with van der Waals surface area (Å²) >= 11 is 0. The average Bonchev–Trinajstić information content (AvgIpc) is 2.76. The van der Waals surface area contributed by atoms with E-state index in [0.29, 0.717) is 19.6 Å². The molecule has 1 aliphatic heterocycles. The van der Waals surface area contributed by atoms with E-state index in [1.165, 1.54) is 0 Å². The Morgan fingerprint density at radius 2 is 2.05 bits per heavy atom. The highest BCUT2D eigenvalue weighted by molar-refractivity contribution is 5.13. The average molecular weight is 292 g/mol. The molecular weight excluding hydrogens is 268 g/mol. The Balaban J connectivity index is 1.88. The van der Waals surface area contributed by atoms with Gasteiger partial charge in [0.1, 0.15) is 12.2 Å². The zero-order valence-electron chi connectivity index (χ0n) is 12.7. The normalized spacial score (nSPS) is 25.7. The zero-order valence-corrected chi connectivity index (χ0v) is 12.7. The Labute approximate surface area is 126 Å². The van der Waals surface area contributed by atoms with Crippen molar-refractivity contribution in [3.05, 3.63) is 48.6 Å². The first-order valence-corrected chi connectivity index (χ1v) is 7.28. The van der Waals surface area contributed by atoms with E-state index in [-0.39, 0.29) is 6.10 Å². The van der Waals surface area contributed by atoms with Crippen molar-refractivity contribution < 1.29 is 19.3 Å². The van der Waals surface area contributed by atoms with E-state index < -0.39 is 18.0 Å². The molecule has 1 aromatic carbocycles. The van der Waals surface area contributed by atoms with Crippen LogP contribution in [0.1, 0.15) is 25.8 Å². The second kappa shape index (κ2) is 7.18. The van der Waals surface area contributed by atoms with Crippen LogP contribution in [0.5, 0.6) is 0 Å². The van der Waals surface area contributed by atoms with E-state index in [0.717, 1.165) is 5.56 Å². The second-order valence-corrected chi connectivity index (χ2v) is 5.73. The van der Waals surface area contributed by atoms with Gasteiger partial charge in [-0.15, -0.1) is 6.58 Å². The van der Waals surface area contributed by atoms with Crippen LogP contribution < -0.4 is 0 Å². The summed E-state index contributed by atoms with van der Waals surface area (Å²) in [5.41, 5.74) is 1.11. The van der Waals surface area contributed by atoms with Crippen molar-refractivity contribution in [1.82, 2.24) is 0 Å². The third kappa shape index (κ3) is 4.64. The van der Waals surface area contributed by atoms with Crippen LogP contribution in [0, 0.1) is 0 Å². The Kier molecular flexibility index (Phi) is 5.53. The van der Waals surface area contributed by atoms with Crippen LogP contribution in [0.25, 0.3) is 0 Å². The molecule has 116 valence electrons. The Hall–Kier alpha value is -1.20. The zero-order chi connectivity index (χ0) is 15.3. The molecule has 4 heteroatoms. The van der Waals surface area contributed by atoms with Gasteiger partial charge in [-0.1, -0.05) is 36.4 Å². The predicted molar refractivity (Wildman–Crippen MR) is 80.7 cm³/mol. The number of rotatable bonds is 7. The molecule has 0 aromatic heterocycles. The summed E-state index contributed by atoms with van der Waals surface area (Å²) in [6.45, 7) is 8.24. The summed E-state index contributed by atoms with van der Waals surface area (Å²) < 4.78 is 17.3. The Morgan fingerprint density at radius 1 is 1.33 bits per heavy atom. The number of aliphatic hydroxyl groups excluding tert-OH is 1. The third-order valence-corrected chi connectivity index (χ3v) is 3.40. The minimum atomic E-state index is -0.701. The first-order chi connectivity index (χ1) is 10.0. The molecule has 1 aromatic rings. The van der Waals surface area contributed by atoms with Gasteiger partial charge in [-0.05, 0) is 25.8 Å². The molecular formula is C17H24O4. The van der Waals surface area contributed by atoms with Crippen LogP contribution in [0.15, 0.2) is 43.0 Å². The lowest BCUT2D eigenvalue weighted by molar-refractivity contribution is -0.157. The van der Waals surface area contributed by atoms with E-state index >= 15 is 0 Å². The summed E-state index contributed by atoms with van der Waals surface area (Å²) in [6, 6.07) is 9.96. The van der Waals surface area contributed by atoms with Crippen LogP contribution in [-0.4, -0.2) is 35.8 Å². The van der Waals surface area contributed by atoms with Gasteiger partial charge in [-0.3, -0.25) is 0 Å². The van der Waals surface area contributed by atoms with Gasteiger partial charge in [-0.25, -0.2) is 0 Å². The lowest BCUT2D eigenvalue weighted by Crippen LogP contribution is -2.37. The topological polar surface area (TPSA) is 47.9 Å². The van der Waals surface area contributed by atoms with Crippen molar-refractivity contribution in [1.29, 1.82) is 0 Å². The van der Waals surface area contributed by atoms with Crippen molar-refractivity contribution in [2.45, 2.75) is 51.0 Å². The Morgan fingerprint density at radius 3 is 2.71 bits per heavy atom. The van der Waals surface area contributed by atoms with Crippen molar-refractivity contribution in [3.63, 3.8) is 0 Å². The monoisotopic (exact) mass is 292 g/mol. The van der Waals surface area contributed by atoms with Crippen molar-refractivity contribution >= 4 is 0 Å². The maximum atomic E-state index is 10.1. The van der Waals surface area contributed by atoms with Crippen LogP contribution >= 0.6 is 0 Å². The molecule has 0 saturated carbocycles. The van der Waals surface area contributed by atoms with E-state index in [1.807, 2.05) is 44.2 Å². The molecule has 2 rings (SSSR count). The molecule has 0 aliphatic carbocycles. The maximum absolute atomic E-state index is 10.1. The molecule has 0 spiro atoms. The van der Waals surface area contributed by atoms with Crippen LogP contribution in [0.4, 0.5) is 0 Å². The largest absolute Gasteiger partial charge is 0.390 e. The molecule has 21 heavy (non-hydrogen) atoms. The smallest absolute Gasteiger partial charge is 0.164 e. The number of ether oxygens (including phenoxy) is 3. The molecule has 1 N–H and O–H groups in total. The van der Waals surface area contributed by atoms with Gasteiger partial charge in [0.15, 0.2) is 5.79 Å². The second-order valence-electron chi connectivity index (χ2n) is 5.73. The highest BCUT2D eigenvalue weighted by Crippen LogP contribution is 2.31. The van der Waals surface area contributed by atoms with E-state index in [2.05, 4.69) is 6.58 Å². The molecule has 0 radical (unpaired) electrons. The number of benzene rings is 1. The highest BCUT2D eigenvalue weighted by atomic mass is 16.8. The fourth-order valence-electron chi connectivity index (χ4n) is 2.49. The van der Waals surface area contributed by atoms with E-state index in [4.69, 9.17) is 14.2 Å². The summed E-state index contributed by atoms with van der Waals surface area (Å²) in [5.74, 6) is -0.701. The first-order valence-electron chi connectivity index (χ1n) is 7.28. The molecule has 3 atom stereocenters. The van der Waals surface area contributed by atoms with Gasteiger partial charge in [0.05, 0.1) is 19.3 Å². The molecule has 1 fully saturated rings. The van der Waals surface area contributed by atoms with Crippen molar-refractivity contribution in [3.8, 4) is 0 Å². The molecule has 4 nitrogen and oxygen atoms in total. The number of aliphatic hydroxyl groups is 1. The molecule has 1 saturated heterocycles. The Bertz CT molecular complexity index is 443. The fraction of sp³-hybridized carbons (Fsp3) is 0.529. The maximum Gasteiger partial charge on any atom is 0.164 e. The SMILES string of the molecule is C=CC[C@@H](O)[C@H]1OC(C)(C)O[C@@H]1COCc1ccccc1. The van der Waals surface area contributed by atoms with Crippen molar-refractivity contribution in [2.75, 3.05) is 6.61 Å². The third-order valence-electron chi connectivity index (χ3n) is 3.40. The minimum Gasteiger partial charge on any atom is -0.390 e. The summed E-state index contributed by atoms with van der Waals surface area (Å²) in [6.07, 6.45) is 0.850. The quantitative estimate of drug-likeness (QED) is 0.785. The van der Waals surface area contributed by atoms with Gasteiger partial charge < -0.3 is 19.3 Å². The van der Waals surface area contributed by atoms with Crippen LogP contribution in [0.2, 0.25) is 0 Å². The summed E-state index contributed by atoms with van der Waals surface area (Å²) in [5, 5.41) is 10.1. The van der Waals surface area contributed by atoms with E-state index in [1.54, 1.807) is 6.08 Å². The van der Waals surface area contributed by atoms with Crippen LogP contribution in [-0.2, 0) is 20.8 Å². The van der Waals surface area contributed by atoms with Crippen molar-refractivity contribution in [2.24, 2.45) is 0 Å². The standard InChI is InChI=1S/C17H24O4/c1-4-8-14(18)16-15(20-17(2,3)21-16)12-19-11-13-9-6-5-7-10-13/h4-7,9-10,14-16,18H,1,8,11-12H2,2-3H3/t14-,15-,16-/m1/s1. The fourth-order valence-corrected chi connectivity index (χ4v) is 2.49. The molecule has 0 bridgehead atoms. The number of hydrogen-bond donors (Lipinski definition) is 1. The minimum absolute atomic E-state index is 0.279. The lowest BCUT2D eigenvalue weighted by Gasteiger charge is -2.21. The van der Waals surface area contributed by atoms with Crippen LogP contribution in [0.3, 0.4) is 0 Å². The van der Waals surface area contributed by atoms with Gasteiger partial charge in [-0.2, -0.15) is 0 Å². The van der Waals surface area contributed by atoms with Gasteiger partial charge >= 0.3 is 0 Å². The summed E-state index contributed by atoms with van der Waals surface area (Å²) in [4.78, 5) is 0. The van der Waals surface area contributed by atoms with Gasteiger partial charge in [0.2, 0.25) is 0 Å². The predicted octanol–water partition coefficient (Wildman–Crippen LogP) is 2.66. The summed E-state index contributed by atoms with van der Waals surface area (Å²) in [7, 11) is 0. The lowest BCUT2D eigenvalue weighted by atomic mass is 10.1. The van der Waals surface area contributed by atoms with Gasteiger partial charge in [0.25, 0.3) is 0 Å². The molecule has 0 unspecified atom stereocenters.